The molecule has 4 heterocycles. The Kier molecular flexibility index (Phi) is 3.85. The first kappa shape index (κ1) is 14.1. The summed E-state index contributed by atoms with van der Waals surface area (Å²) in [6.45, 7) is 2.63. The van der Waals surface area contributed by atoms with Crippen LogP contribution in [0.2, 0.25) is 0 Å². The van der Waals surface area contributed by atoms with E-state index in [1.54, 1.807) is 12.4 Å². The maximum atomic E-state index is 5.41. The molecule has 0 bridgehead atoms. The Morgan fingerprint density at radius 3 is 3.09 bits per heavy atom. The van der Waals surface area contributed by atoms with E-state index in [4.69, 9.17) is 4.52 Å². The van der Waals surface area contributed by atoms with Gasteiger partial charge in [0.1, 0.15) is 0 Å². The summed E-state index contributed by atoms with van der Waals surface area (Å²) in [6.07, 6.45) is 9.65. The van der Waals surface area contributed by atoms with Gasteiger partial charge in [0.15, 0.2) is 0 Å². The van der Waals surface area contributed by atoms with E-state index in [0.717, 1.165) is 18.7 Å². The highest BCUT2D eigenvalue weighted by molar-refractivity contribution is 5.51. The fourth-order valence-corrected chi connectivity index (χ4v) is 3.04. The van der Waals surface area contributed by atoms with Crippen molar-refractivity contribution in [2.45, 2.75) is 32.0 Å². The molecule has 1 saturated heterocycles. The van der Waals surface area contributed by atoms with Gasteiger partial charge in [-0.25, -0.2) is 0 Å². The molecule has 1 atom stereocenters. The Morgan fingerprint density at radius 2 is 2.26 bits per heavy atom. The first-order chi connectivity index (χ1) is 11.4. The molecule has 118 valence electrons. The third-order valence-corrected chi connectivity index (χ3v) is 4.18. The molecule has 1 fully saturated rings. The van der Waals surface area contributed by atoms with Crippen molar-refractivity contribution in [1.82, 2.24) is 29.8 Å². The molecule has 4 rings (SSSR count). The second kappa shape index (κ2) is 6.29. The van der Waals surface area contributed by atoms with E-state index in [1.165, 1.54) is 12.8 Å². The Balaban J connectivity index is 1.44. The van der Waals surface area contributed by atoms with Gasteiger partial charge in [-0.1, -0.05) is 5.16 Å². The Labute approximate surface area is 134 Å². The largest absolute Gasteiger partial charge is 0.338 e. The SMILES string of the molecule is c1cncc(-c2noc(CN3CCC[C@H]3Cn3cccn3)n2)c1. The van der Waals surface area contributed by atoms with Crippen molar-refractivity contribution >= 4 is 0 Å². The molecule has 1 aliphatic heterocycles. The minimum atomic E-state index is 0.462. The number of rotatable bonds is 5. The van der Waals surface area contributed by atoms with Gasteiger partial charge >= 0.3 is 0 Å². The van der Waals surface area contributed by atoms with Gasteiger partial charge in [0.2, 0.25) is 11.7 Å². The van der Waals surface area contributed by atoms with Crippen LogP contribution in [0.5, 0.6) is 0 Å². The zero-order chi connectivity index (χ0) is 15.5. The van der Waals surface area contributed by atoms with Crippen LogP contribution >= 0.6 is 0 Å². The summed E-state index contributed by atoms with van der Waals surface area (Å²) < 4.78 is 7.40. The summed E-state index contributed by atoms with van der Waals surface area (Å²) in [5.41, 5.74) is 0.872. The lowest BCUT2D eigenvalue weighted by atomic mass is 10.2. The van der Waals surface area contributed by atoms with E-state index < -0.39 is 0 Å². The van der Waals surface area contributed by atoms with Gasteiger partial charge < -0.3 is 4.52 Å². The molecule has 0 radical (unpaired) electrons. The van der Waals surface area contributed by atoms with Crippen molar-refractivity contribution < 1.29 is 4.52 Å². The molecular formula is C16H18N6O. The molecule has 0 amide bonds. The molecule has 0 saturated carbocycles. The summed E-state index contributed by atoms with van der Waals surface area (Å²) >= 11 is 0. The number of pyridine rings is 1. The molecule has 7 heteroatoms. The molecule has 0 unspecified atom stereocenters. The lowest BCUT2D eigenvalue weighted by molar-refractivity contribution is 0.192. The van der Waals surface area contributed by atoms with Crippen molar-refractivity contribution in [3.63, 3.8) is 0 Å². The Bertz CT molecular complexity index is 739. The van der Waals surface area contributed by atoms with E-state index in [-0.39, 0.29) is 0 Å². The average Bonchev–Trinajstić information content (AvgIpc) is 3.33. The first-order valence-corrected chi connectivity index (χ1v) is 7.83. The van der Waals surface area contributed by atoms with Gasteiger partial charge in [-0.3, -0.25) is 14.6 Å². The lowest BCUT2D eigenvalue weighted by Crippen LogP contribution is -2.32. The molecule has 0 aliphatic carbocycles. The normalized spacial score (nSPS) is 18.5. The maximum absolute atomic E-state index is 5.41. The van der Waals surface area contributed by atoms with Crippen molar-refractivity contribution in [1.29, 1.82) is 0 Å². The van der Waals surface area contributed by atoms with Crippen molar-refractivity contribution in [2.75, 3.05) is 6.54 Å². The predicted octanol–water partition coefficient (Wildman–Crippen LogP) is 1.99. The van der Waals surface area contributed by atoms with E-state index in [0.29, 0.717) is 24.3 Å². The number of aromatic nitrogens is 5. The predicted molar refractivity (Wildman–Crippen MR) is 83.2 cm³/mol. The van der Waals surface area contributed by atoms with Gasteiger partial charge in [0, 0.05) is 36.4 Å². The molecule has 3 aromatic rings. The Hall–Kier alpha value is -2.54. The summed E-state index contributed by atoms with van der Waals surface area (Å²) in [5.74, 6) is 1.24. The van der Waals surface area contributed by atoms with Crippen LogP contribution in [0.25, 0.3) is 11.4 Å². The molecule has 23 heavy (non-hydrogen) atoms. The minimum Gasteiger partial charge on any atom is -0.338 e. The van der Waals surface area contributed by atoms with Gasteiger partial charge in [-0.2, -0.15) is 10.1 Å². The molecule has 3 aromatic heterocycles. The fraction of sp³-hybridized carbons (Fsp3) is 0.375. The molecule has 0 aromatic carbocycles. The fourth-order valence-electron chi connectivity index (χ4n) is 3.04. The lowest BCUT2D eigenvalue weighted by Gasteiger charge is -2.22. The van der Waals surface area contributed by atoms with Crippen LogP contribution in [-0.2, 0) is 13.1 Å². The topological polar surface area (TPSA) is 72.9 Å². The highest BCUT2D eigenvalue weighted by Gasteiger charge is 2.26. The summed E-state index contributed by atoms with van der Waals surface area (Å²) in [7, 11) is 0. The van der Waals surface area contributed by atoms with Crippen molar-refractivity contribution in [3.05, 3.63) is 48.9 Å². The number of nitrogens with zero attached hydrogens (tertiary/aromatic N) is 6. The average molecular weight is 310 g/mol. The summed E-state index contributed by atoms with van der Waals surface area (Å²) in [5, 5.41) is 8.36. The number of hydrogen-bond donors (Lipinski definition) is 0. The van der Waals surface area contributed by atoms with E-state index in [1.807, 2.05) is 35.3 Å². The molecular weight excluding hydrogens is 292 g/mol. The highest BCUT2D eigenvalue weighted by Crippen LogP contribution is 2.22. The molecule has 1 aliphatic rings. The standard InChI is InChI=1S/C16H18N6O/c1-4-13(10-17-6-1)16-19-15(23-20-16)12-21-8-2-5-14(21)11-22-9-3-7-18-22/h1,3-4,6-7,9-10,14H,2,5,8,11-12H2/t14-/m0/s1. The van der Waals surface area contributed by atoms with Crippen LogP contribution in [0.1, 0.15) is 18.7 Å². The monoisotopic (exact) mass is 310 g/mol. The minimum absolute atomic E-state index is 0.462. The van der Waals surface area contributed by atoms with Crippen LogP contribution in [0.15, 0.2) is 47.5 Å². The van der Waals surface area contributed by atoms with Crippen LogP contribution in [0, 0.1) is 0 Å². The number of hydrogen-bond acceptors (Lipinski definition) is 6. The molecule has 0 N–H and O–H groups in total. The van der Waals surface area contributed by atoms with Crippen LogP contribution in [-0.4, -0.2) is 42.4 Å². The van der Waals surface area contributed by atoms with Crippen molar-refractivity contribution in [3.8, 4) is 11.4 Å². The van der Waals surface area contributed by atoms with E-state index in [9.17, 15) is 0 Å². The third kappa shape index (κ3) is 3.14. The van der Waals surface area contributed by atoms with Gasteiger partial charge in [-0.15, -0.1) is 0 Å². The third-order valence-electron chi connectivity index (χ3n) is 4.18. The summed E-state index contributed by atoms with van der Waals surface area (Å²) in [4.78, 5) is 11.0. The van der Waals surface area contributed by atoms with E-state index >= 15 is 0 Å². The molecule has 0 spiro atoms. The zero-order valence-electron chi connectivity index (χ0n) is 12.7. The van der Waals surface area contributed by atoms with Gasteiger partial charge in [-0.05, 0) is 37.6 Å². The molecule has 7 nitrogen and oxygen atoms in total. The van der Waals surface area contributed by atoms with Gasteiger partial charge in [0.25, 0.3) is 0 Å². The Morgan fingerprint density at radius 1 is 1.26 bits per heavy atom. The zero-order valence-corrected chi connectivity index (χ0v) is 12.7. The second-order valence-corrected chi connectivity index (χ2v) is 5.75. The number of likely N-dealkylation sites (tertiary alicyclic amines) is 1. The highest BCUT2D eigenvalue weighted by atomic mass is 16.5. The summed E-state index contributed by atoms with van der Waals surface area (Å²) in [6, 6.07) is 6.21. The van der Waals surface area contributed by atoms with Crippen LogP contribution in [0.3, 0.4) is 0 Å². The van der Waals surface area contributed by atoms with Crippen LogP contribution in [0.4, 0.5) is 0 Å². The van der Waals surface area contributed by atoms with Crippen molar-refractivity contribution in [2.24, 2.45) is 0 Å². The maximum Gasteiger partial charge on any atom is 0.241 e. The van der Waals surface area contributed by atoms with Crippen LogP contribution < -0.4 is 0 Å². The quantitative estimate of drug-likeness (QED) is 0.717. The smallest absolute Gasteiger partial charge is 0.241 e. The second-order valence-electron chi connectivity index (χ2n) is 5.75. The van der Waals surface area contributed by atoms with E-state index in [2.05, 4.69) is 25.1 Å². The first-order valence-electron chi connectivity index (χ1n) is 7.83. The van der Waals surface area contributed by atoms with Gasteiger partial charge in [0.05, 0.1) is 13.1 Å².